The molecular formula is C31H38N2O3. The van der Waals surface area contributed by atoms with E-state index in [1.807, 2.05) is 32.0 Å². The standard InChI is InChI=1S/C31H38N2O3/c1-20(2)32-31(34)30(24-10-8-7-9-11-24)33-15-14-25-18-28(35-5)29(36-6)19-26(25)27(33)17-23-13-12-21(3)22(4)16-23/h7-13,16,18-20,27,30H,14-15,17H2,1-6H3,(H,32,34)/t27-,30+/m0/s1. The first-order valence-corrected chi connectivity index (χ1v) is 12.7. The Balaban J connectivity index is 1.84. The molecule has 190 valence electrons. The number of rotatable bonds is 8. The molecule has 0 spiro atoms. The molecule has 0 saturated carbocycles. The first kappa shape index (κ1) is 25.8. The zero-order chi connectivity index (χ0) is 25.8. The van der Waals surface area contributed by atoms with Crippen molar-refractivity contribution in [3.8, 4) is 11.5 Å². The SMILES string of the molecule is COc1cc2c(cc1OC)[C@H](Cc1ccc(C)c(C)c1)N([C@@H](C(=O)NC(C)C)c1ccccc1)CC2. The third-order valence-electron chi connectivity index (χ3n) is 7.17. The van der Waals surface area contributed by atoms with E-state index in [-0.39, 0.29) is 18.0 Å². The fraction of sp³-hybridized carbons (Fsp3) is 0.387. The molecule has 2 atom stereocenters. The summed E-state index contributed by atoms with van der Waals surface area (Å²) in [6, 6.07) is 20.7. The number of aryl methyl sites for hydroxylation is 2. The number of nitrogens with zero attached hydrogens (tertiary/aromatic N) is 1. The summed E-state index contributed by atoms with van der Waals surface area (Å²) >= 11 is 0. The molecule has 3 aromatic carbocycles. The summed E-state index contributed by atoms with van der Waals surface area (Å²) < 4.78 is 11.3. The summed E-state index contributed by atoms with van der Waals surface area (Å²) in [5.41, 5.74) is 7.25. The van der Waals surface area contributed by atoms with E-state index >= 15 is 0 Å². The lowest BCUT2D eigenvalue weighted by molar-refractivity contribution is -0.128. The average molecular weight is 487 g/mol. The molecule has 0 aromatic heterocycles. The average Bonchev–Trinajstić information content (AvgIpc) is 2.87. The highest BCUT2D eigenvalue weighted by Gasteiger charge is 2.37. The van der Waals surface area contributed by atoms with Crippen molar-refractivity contribution < 1.29 is 14.3 Å². The summed E-state index contributed by atoms with van der Waals surface area (Å²) in [4.78, 5) is 16.1. The fourth-order valence-corrected chi connectivity index (χ4v) is 5.23. The molecule has 3 aromatic rings. The molecule has 1 N–H and O–H groups in total. The Bertz CT molecular complexity index is 1210. The summed E-state index contributed by atoms with van der Waals surface area (Å²) in [7, 11) is 3.35. The molecule has 0 saturated heterocycles. The van der Waals surface area contributed by atoms with Gasteiger partial charge in [-0.15, -0.1) is 0 Å². The number of hydrogen-bond donors (Lipinski definition) is 1. The maximum Gasteiger partial charge on any atom is 0.242 e. The first-order chi connectivity index (χ1) is 17.3. The smallest absolute Gasteiger partial charge is 0.242 e. The van der Waals surface area contributed by atoms with Gasteiger partial charge in [-0.05, 0) is 86.1 Å². The maximum atomic E-state index is 13.7. The zero-order valence-corrected chi connectivity index (χ0v) is 22.3. The van der Waals surface area contributed by atoms with Gasteiger partial charge in [0.15, 0.2) is 11.5 Å². The number of benzene rings is 3. The highest BCUT2D eigenvalue weighted by Crippen LogP contribution is 2.43. The molecule has 4 rings (SSSR count). The van der Waals surface area contributed by atoms with Crippen LogP contribution >= 0.6 is 0 Å². The highest BCUT2D eigenvalue weighted by atomic mass is 16.5. The number of hydrogen-bond acceptors (Lipinski definition) is 4. The Kier molecular flexibility index (Phi) is 8.00. The molecule has 0 fully saturated rings. The van der Waals surface area contributed by atoms with Gasteiger partial charge >= 0.3 is 0 Å². The zero-order valence-electron chi connectivity index (χ0n) is 22.3. The van der Waals surface area contributed by atoms with E-state index in [0.717, 1.165) is 30.7 Å². The van der Waals surface area contributed by atoms with E-state index in [9.17, 15) is 4.79 Å². The van der Waals surface area contributed by atoms with Gasteiger partial charge in [-0.1, -0.05) is 48.5 Å². The number of carbonyl (C=O) groups is 1. The summed E-state index contributed by atoms with van der Waals surface area (Å²) in [5.74, 6) is 1.49. The van der Waals surface area contributed by atoms with E-state index in [1.54, 1.807) is 14.2 Å². The Morgan fingerprint density at radius 3 is 2.31 bits per heavy atom. The molecule has 5 heteroatoms. The lowest BCUT2D eigenvalue weighted by Crippen LogP contribution is -2.47. The van der Waals surface area contributed by atoms with Gasteiger partial charge in [0.2, 0.25) is 5.91 Å². The molecule has 0 radical (unpaired) electrons. The molecule has 5 nitrogen and oxygen atoms in total. The minimum Gasteiger partial charge on any atom is -0.493 e. The molecule has 1 aliphatic rings. The van der Waals surface area contributed by atoms with Gasteiger partial charge in [0.05, 0.1) is 14.2 Å². The highest BCUT2D eigenvalue weighted by molar-refractivity contribution is 5.83. The number of methoxy groups -OCH3 is 2. The molecule has 0 bridgehead atoms. The van der Waals surface area contributed by atoms with Crippen LogP contribution in [-0.2, 0) is 17.6 Å². The van der Waals surface area contributed by atoms with Gasteiger partial charge in [0.1, 0.15) is 6.04 Å². The maximum absolute atomic E-state index is 13.7. The topological polar surface area (TPSA) is 50.8 Å². The second kappa shape index (κ2) is 11.2. The van der Waals surface area contributed by atoms with Crippen molar-refractivity contribution >= 4 is 5.91 Å². The Morgan fingerprint density at radius 1 is 0.972 bits per heavy atom. The second-order valence-electron chi connectivity index (χ2n) is 10.0. The summed E-state index contributed by atoms with van der Waals surface area (Å²) in [6.45, 7) is 9.08. The Labute approximate surface area is 215 Å². The van der Waals surface area contributed by atoms with Crippen LogP contribution in [0.3, 0.4) is 0 Å². The van der Waals surface area contributed by atoms with E-state index in [1.165, 1.54) is 27.8 Å². The predicted molar refractivity (Wildman–Crippen MR) is 145 cm³/mol. The number of carbonyl (C=O) groups excluding carboxylic acids is 1. The van der Waals surface area contributed by atoms with Gasteiger partial charge < -0.3 is 14.8 Å². The fourth-order valence-electron chi connectivity index (χ4n) is 5.23. The van der Waals surface area contributed by atoms with Crippen molar-refractivity contribution in [2.75, 3.05) is 20.8 Å². The normalized spacial score (nSPS) is 16.4. The number of fused-ring (bicyclic) bond motifs is 1. The molecule has 1 heterocycles. The van der Waals surface area contributed by atoms with Crippen molar-refractivity contribution in [2.24, 2.45) is 0 Å². The quantitative estimate of drug-likeness (QED) is 0.442. The Hall–Kier alpha value is -3.31. The summed E-state index contributed by atoms with van der Waals surface area (Å²) in [6.07, 6.45) is 1.62. The van der Waals surface area contributed by atoms with E-state index in [2.05, 4.69) is 66.5 Å². The summed E-state index contributed by atoms with van der Waals surface area (Å²) in [5, 5.41) is 3.18. The molecule has 1 amide bonds. The van der Waals surface area contributed by atoms with E-state index < -0.39 is 6.04 Å². The van der Waals surface area contributed by atoms with Crippen LogP contribution in [0.2, 0.25) is 0 Å². The van der Waals surface area contributed by atoms with Crippen LogP contribution in [0.5, 0.6) is 11.5 Å². The number of amides is 1. The molecule has 36 heavy (non-hydrogen) atoms. The van der Waals surface area contributed by atoms with E-state index in [4.69, 9.17) is 9.47 Å². The van der Waals surface area contributed by atoms with Crippen LogP contribution in [0.25, 0.3) is 0 Å². The third-order valence-corrected chi connectivity index (χ3v) is 7.17. The monoisotopic (exact) mass is 486 g/mol. The predicted octanol–water partition coefficient (Wildman–Crippen LogP) is 5.73. The lowest BCUT2D eigenvalue weighted by Gasteiger charge is -2.42. The number of ether oxygens (including phenoxy) is 2. The van der Waals surface area contributed by atoms with Gasteiger partial charge in [-0.2, -0.15) is 0 Å². The minimum absolute atomic E-state index is 0.00113. The molecule has 0 unspecified atom stereocenters. The van der Waals surface area contributed by atoms with Crippen LogP contribution in [0, 0.1) is 13.8 Å². The van der Waals surface area contributed by atoms with E-state index in [0.29, 0.717) is 5.75 Å². The largest absolute Gasteiger partial charge is 0.493 e. The Morgan fingerprint density at radius 2 is 1.67 bits per heavy atom. The van der Waals surface area contributed by atoms with Crippen LogP contribution in [0.1, 0.15) is 59.3 Å². The van der Waals surface area contributed by atoms with Crippen molar-refractivity contribution in [3.05, 3.63) is 94.0 Å². The first-order valence-electron chi connectivity index (χ1n) is 12.7. The van der Waals surface area contributed by atoms with Gasteiger partial charge in [0.25, 0.3) is 0 Å². The molecule has 1 aliphatic heterocycles. The van der Waals surface area contributed by atoms with Crippen molar-refractivity contribution in [1.29, 1.82) is 0 Å². The van der Waals surface area contributed by atoms with Gasteiger partial charge in [-0.25, -0.2) is 0 Å². The van der Waals surface area contributed by atoms with Crippen molar-refractivity contribution in [2.45, 2.75) is 58.7 Å². The van der Waals surface area contributed by atoms with Crippen LogP contribution in [0.15, 0.2) is 60.7 Å². The second-order valence-corrected chi connectivity index (χ2v) is 10.0. The van der Waals surface area contributed by atoms with Crippen molar-refractivity contribution in [1.82, 2.24) is 10.2 Å². The molecule has 0 aliphatic carbocycles. The van der Waals surface area contributed by atoms with Crippen LogP contribution in [-0.4, -0.2) is 37.6 Å². The number of nitrogens with one attached hydrogen (secondary N) is 1. The van der Waals surface area contributed by atoms with Gasteiger partial charge in [-0.3, -0.25) is 9.69 Å². The lowest BCUT2D eigenvalue weighted by atomic mass is 9.85. The molecular weight excluding hydrogens is 448 g/mol. The van der Waals surface area contributed by atoms with Crippen LogP contribution in [0.4, 0.5) is 0 Å². The van der Waals surface area contributed by atoms with Crippen molar-refractivity contribution in [3.63, 3.8) is 0 Å². The van der Waals surface area contributed by atoms with Gasteiger partial charge in [0, 0.05) is 18.6 Å². The minimum atomic E-state index is -0.397. The van der Waals surface area contributed by atoms with Crippen LogP contribution < -0.4 is 14.8 Å². The third kappa shape index (κ3) is 5.41.